The lowest BCUT2D eigenvalue weighted by molar-refractivity contribution is 0.168. The van der Waals surface area contributed by atoms with E-state index in [1.54, 1.807) is 7.11 Å². The van der Waals surface area contributed by atoms with Crippen molar-refractivity contribution >= 4 is 6.08 Å². The molecular formula is C17H25NO2. The zero-order valence-corrected chi connectivity index (χ0v) is 12.5. The third kappa shape index (κ3) is 3.84. The molecule has 0 aliphatic heterocycles. The molecule has 1 saturated carbocycles. The molecule has 1 fully saturated rings. The van der Waals surface area contributed by atoms with Crippen LogP contribution in [0.4, 0.5) is 0 Å². The first kappa shape index (κ1) is 15.1. The molecule has 0 unspecified atom stereocenters. The number of aliphatic hydroxyl groups is 1. The summed E-state index contributed by atoms with van der Waals surface area (Å²) in [6.07, 6.45) is 6.77. The molecule has 1 aromatic rings. The summed E-state index contributed by atoms with van der Waals surface area (Å²) >= 11 is 0. The summed E-state index contributed by atoms with van der Waals surface area (Å²) < 4.78 is 5.16. The molecule has 0 saturated heterocycles. The summed E-state index contributed by atoms with van der Waals surface area (Å²) in [5.74, 6) is 0.878. The predicted molar refractivity (Wildman–Crippen MR) is 82.9 cm³/mol. The maximum absolute atomic E-state index is 9.58. The smallest absolute Gasteiger partial charge is 0.118 e. The van der Waals surface area contributed by atoms with Gasteiger partial charge >= 0.3 is 0 Å². The Labute approximate surface area is 121 Å². The zero-order chi connectivity index (χ0) is 14.4. The van der Waals surface area contributed by atoms with Crippen LogP contribution in [-0.2, 0) is 0 Å². The Morgan fingerprint density at radius 3 is 2.50 bits per heavy atom. The van der Waals surface area contributed by atoms with E-state index in [1.165, 1.54) is 24.0 Å². The van der Waals surface area contributed by atoms with Crippen LogP contribution in [0.5, 0.6) is 5.75 Å². The molecule has 110 valence electrons. The van der Waals surface area contributed by atoms with Crippen molar-refractivity contribution in [3.63, 3.8) is 0 Å². The fourth-order valence-electron chi connectivity index (χ4n) is 2.81. The molecule has 1 aromatic carbocycles. The van der Waals surface area contributed by atoms with Gasteiger partial charge in [-0.1, -0.05) is 36.6 Å². The largest absolute Gasteiger partial charge is 0.497 e. The number of benzene rings is 1. The molecule has 20 heavy (non-hydrogen) atoms. The van der Waals surface area contributed by atoms with Gasteiger partial charge in [0.05, 0.1) is 13.7 Å². The molecule has 3 heteroatoms. The lowest BCUT2D eigenvalue weighted by Gasteiger charge is -2.28. The van der Waals surface area contributed by atoms with E-state index in [4.69, 9.17) is 4.74 Å². The normalized spacial score (nSPS) is 18.2. The second-order valence-electron chi connectivity index (χ2n) is 5.76. The van der Waals surface area contributed by atoms with Gasteiger partial charge in [0.2, 0.25) is 0 Å². The first-order valence-corrected chi connectivity index (χ1v) is 7.35. The van der Waals surface area contributed by atoms with Gasteiger partial charge in [0.15, 0.2) is 0 Å². The number of hydrogen-bond acceptors (Lipinski definition) is 3. The topological polar surface area (TPSA) is 41.5 Å². The van der Waals surface area contributed by atoms with Crippen molar-refractivity contribution in [1.82, 2.24) is 5.32 Å². The highest BCUT2D eigenvalue weighted by Gasteiger charge is 2.32. The molecule has 2 rings (SSSR count). The zero-order valence-electron chi connectivity index (χ0n) is 12.5. The third-order valence-electron chi connectivity index (χ3n) is 4.13. The molecule has 0 radical (unpaired) electrons. The van der Waals surface area contributed by atoms with Crippen LogP contribution in [-0.4, -0.2) is 30.9 Å². The standard InChI is InChI=1S/C17H25NO2/c1-14(11-15-5-7-16(20-2)8-6-15)12-18-17(13-19)9-3-4-10-17/h5-8,11,18-19H,3-4,9-10,12-13H2,1-2H3/b14-11-. The van der Waals surface area contributed by atoms with Crippen LogP contribution in [0.25, 0.3) is 6.08 Å². The highest BCUT2D eigenvalue weighted by molar-refractivity contribution is 5.53. The molecule has 0 aromatic heterocycles. The number of nitrogens with one attached hydrogen (secondary N) is 1. The van der Waals surface area contributed by atoms with E-state index in [1.807, 2.05) is 12.1 Å². The second kappa shape index (κ2) is 6.91. The lowest BCUT2D eigenvalue weighted by Crippen LogP contribution is -2.46. The van der Waals surface area contributed by atoms with Crippen LogP contribution in [0.3, 0.4) is 0 Å². The van der Waals surface area contributed by atoms with E-state index in [0.717, 1.165) is 25.1 Å². The van der Waals surface area contributed by atoms with E-state index in [9.17, 15) is 5.11 Å². The van der Waals surface area contributed by atoms with Gasteiger partial charge < -0.3 is 15.2 Å². The van der Waals surface area contributed by atoms with Crippen molar-refractivity contribution < 1.29 is 9.84 Å². The van der Waals surface area contributed by atoms with Crippen LogP contribution in [0.2, 0.25) is 0 Å². The Morgan fingerprint density at radius 1 is 1.30 bits per heavy atom. The molecule has 0 bridgehead atoms. The van der Waals surface area contributed by atoms with Gasteiger partial charge in [-0.15, -0.1) is 0 Å². The van der Waals surface area contributed by atoms with Gasteiger partial charge in [0, 0.05) is 12.1 Å². The first-order chi connectivity index (χ1) is 9.67. The Hall–Kier alpha value is -1.32. The summed E-state index contributed by atoms with van der Waals surface area (Å²) in [6, 6.07) is 8.05. The van der Waals surface area contributed by atoms with Crippen LogP contribution >= 0.6 is 0 Å². The number of ether oxygens (including phenoxy) is 1. The number of methoxy groups -OCH3 is 1. The van der Waals surface area contributed by atoms with Gasteiger partial charge in [-0.3, -0.25) is 0 Å². The molecule has 3 nitrogen and oxygen atoms in total. The van der Waals surface area contributed by atoms with Gasteiger partial charge in [-0.05, 0) is 37.5 Å². The monoisotopic (exact) mass is 275 g/mol. The van der Waals surface area contributed by atoms with Gasteiger partial charge in [-0.2, -0.15) is 0 Å². The minimum Gasteiger partial charge on any atom is -0.497 e. The molecular weight excluding hydrogens is 250 g/mol. The minimum absolute atomic E-state index is 0.0466. The van der Waals surface area contributed by atoms with Crippen molar-refractivity contribution in [1.29, 1.82) is 0 Å². The molecule has 0 spiro atoms. The molecule has 0 heterocycles. The highest BCUT2D eigenvalue weighted by Crippen LogP contribution is 2.29. The van der Waals surface area contributed by atoms with E-state index in [2.05, 4.69) is 30.4 Å². The highest BCUT2D eigenvalue weighted by atomic mass is 16.5. The fourth-order valence-corrected chi connectivity index (χ4v) is 2.81. The summed E-state index contributed by atoms with van der Waals surface area (Å²) in [6.45, 7) is 3.19. The first-order valence-electron chi connectivity index (χ1n) is 7.35. The summed E-state index contributed by atoms with van der Waals surface area (Å²) in [5, 5.41) is 13.1. The number of aliphatic hydroxyl groups excluding tert-OH is 1. The SMILES string of the molecule is COc1ccc(/C=C(/C)CNC2(CO)CCCC2)cc1. The van der Waals surface area contributed by atoms with Crippen molar-refractivity contribution in [2.45, 2.75) is 38.1 Å². The molecule has 2 N–H and O–H groups in total. The Morgan fingerprint density at radius 2 is 1.95 bits per heavy atom. The Bertz CT molecular complexity index is 445. The molecule has 1 aliphatic carbocycles. The summed E-state index contributed by atoms with van der Waals surface area (Å²) in [5.41, 5.74) is 2.40. The quantitative estimate of drug-likeness (QED) is 0.838. The van der Waals surface area contributed by atoms with Crippen LogP contribution in [0.15, 0.2) is 29.8 Å². The van der Waals surface area contributed by atoms with Gasteiger partial charge in [0.25, 0.3) is 0 Å². The second-order valence-corrected chi connectivity index (χ2v) is 5.76. The van der Waals surface area contributed by atoms with Crippen molar-refractivity contribution in [2.75, 3.05) is 20.3 Å². The number of hydrogen-bond donors (Lipinski definition) is 2. The molecule has 1 aliphatic rings. The average molecular weight is 275 g/mol. The maximum Gasteiger partial charge on any atom is 0.118 e. The Balaban J connectivity index is 1.93. The number of rotatable bonds is 6. The van der Waals surface area contributed by atoms with E-state index >= 15 is 0 Å². The summed E-state index contributed by atoms with van der Waals surface area (Å²) in [7, 11) is 1.68. The van der Waals surface area contributed by atoms with Crippen LogP contribution in [0, 0.1) is 0 Å². The average Bonchev–Trinajstić information content (AvgIpc) is 2.95. The molecule has 0 amide bonds. The van der Waals surface area contributed by atoms with E-state index in [0.29, 0.717) is 0 Å². The predicted octanol–water partition coefficient (Wildman–Crippen LogP) is 2.99. The van der Waals surface area contributed by atoms with Crippen LogP contribution < -0.4 is 10.1 Å². The van der Waals surface area contributed by atoms with E-state index < -0.39 is 0 Å². The third-order valence-corrected chi connectivity index (χ3v) is 4.13. The van der Waals surface area contributed by atoms with Crippen LogP contribution in [0.1, 0.15) is 38.2 Å². The summed E-state index contributed by atoms with van der Waals surface area (Å²) in [4.78, 5) is 0. The fraction of sp³-hybridized carbons (Fsp3) is 0.529. The van der Waals surface area contributed by atoms with Crippen molar-refractivity contribution in [3.05, 3.63) is 35.4 Å². The van der Waals surface area contributed by atoms with Gasteiger partial charge in [0.1, 0.15) is 5.75 Å². The lowest BCUT2D eigenvalue weighted by atomic mass is 9.98. The van der Waals surface area contributed by atoms with Crippen molar-refractivity contribution in [3.8, 4) is 5.75 Å². The minimum atomic E-state index is -0.0466. The maximum atomic E-state index is 9.58. The van der Waals surface area contributed by atoms with Crippen molar-refractivity contribution in [2.24, 2.45) is 0 Å². The van der Waals surface area contributed by atoms with E-state index in [-0.39, 0.29) is 12.1 Å². The van der Waals surface area contributed by atoms with Gasteiger partial charge in [-0.25, -0.2) is 0 Å². The Kier molecular flexibility index (Phi) is 5.21. The molecule has 0 atom stereocenters.